The van der Waals surface area contributed by atoms with Crippen LogP contribution in [0.4, 0.5) is 11.4 Å². The molecule has 3 heterocycles. The molecule has 0 bridgehead atoms. The normalized spacial score (nSPS) is 23.9. The molecule has 4 heteroatoms. The molecular weight excluding hydrogens is 751 g/mol. The number of pyridine rings is 1. The molecule has 11 rings (SSSR count). The number of hydrogen-bond acceptors (Lipinski definition) is 2. The molecule has 276 valence electrons. The molecule has 0 radical (unpaired) electrons. The van der Waals surface area contributed by atoms with Crippen molar-refractivity contribution in [2.24, 2.45) is 0 Å². The van der Waals surface area contributed by atoms with Crippen LogP contribution in [-0.4, -0.2) is 28.4 Å². The summed E-state index contributed by atoms with van der Waals surface area (Å²) in [6.07, 6.45) is 7.57. The molecule has 2 aliphatic rings. The zero-order valence-corrected chi connectivity index (χ0v) is 33.2. The molecular formula is C53H45GeN3. The van der Waals surface area contributed by atoms with Gasteiger partial charge in [-0.1, -0.05) is 6.42 Å². The van der Waals surface area contributed by atoms with Crippen molar-refractivity contribution in [2.45, 2.75) is 50.5 Å². The molecule has 1 fully saturated rings. The first-order chi connectivity index (χ1) is 35.9. The summed E-state index contributed by atoms with van der Waals surface area (Å²) >= 11 is -7.02. The first kappa shape index (κ1) is 20.0. The summed E-state index contributed by atoms with van der Waals surface area (Å²) in [5.41, 5.74) is 2.71. The van der Waals surface area contributed by atoms with Gasteiger partial charge in [0.05, 0.1) is 0 Å². The van der Waals surface area contributed by atoms with Crippen LogP contribution in [0.3, 0.4) is 0 Å². The Morgan fingerprint density at radius 2 is 1.26 bits per heavy atom. The molecule has 2 unspecified atom stereocenters. The van der Waals surface area contributed by atoms with E-state index in [0.717, 1.165) is 53.4 Å². The van der Waals surface area contributed by atoms with E-state index in [0.29, 0.717) is 21.8 Å². The van der Waals surface area contributed by atoms with Gasteiger partial charge in [-0.3, -0.25) is 4.98 Å². The third-order valence-electron chi connectivity index (χ3n) is 12.6. The van der Waals surface area contributed by atoms with Gasteiger partial charge in [-0.15, -0.1) is 0 Å². The zero-order chi connectivity index (χ0) is 54.7. The summed E-state index contributed by atoms with van der Waals surface area (Å²) < 4.78 is 176. The van der Waals surface area contributed by atoms with Gasteiger partial charge in [0, 0.05) is 0 Å². The molecule has 3 nitrogen and oxygen atoms in total. The molecule has 9 aromatic rings. The number of hydrogen-bond donors (Lipinski definition) is 0. The monoisotopic (exact) mass is 816 g/mol. The van der Waals surface area contributed by atoms with Crippen LogP contribution in [0.25, 0.3) is 38.3 Å². The fourth-order valence-corrected chi connectivity index (χ4v) is 17.3. The Morgan fingerprint density at radius 3 is 1.98 bits per heavy atom. The molecule has 0 amide bonds. The second-order valence-electron chi connectivity index (χ2n) is 15.2. The minimum absolute atomic E-state index is 0.262. The van der Waals surface area contributed by atoms with E-state index in [-0.39, 0.29) is 5.41 Å². The van der Waals surface area contributed by atoms with E-state index in [4.69, 9.17) is 12.3 Å². The van der Waals surface area contributed by atoms with Crippen LogP contribution < -0.4 is 22.5 Å². The average Bonchev–Trinajstić information content (AvgIpc) is 3.97. The minimum atomic E-state index is -7.02. The van der Waals surface area contributed by atoms with Crippen LogP contribution in [0.5, 0.6) is 0 Å². The Hall–Kier alpha value is -5.91. The first-order valence-corrected chi connectivity index (χ1v) is 23.1. The van der Waals surface area contributed by atoms with Gasteiger partial charge in [-0.05, 0) is 0 Å². The average molecular weight is 816 g/mol. The van der Waals surface area contributed by atoms with Gasteiger partial charge in [0.15, 0.2) is 0 Å². The second-order valence-corrected chi connectivity index (χ2v) is 22.6. The van der Waals surface area contributed by atoms with Crippen LogP contribution in [-0.2, 0) is 5.41 Å². The van der Waals surface area contributed by atoms with Crippen molar-refractivity contribution in [3.63, 3.8) is 0 Å². The molecule has 2 aromatic heterocycles. The number of nitrogens with zero attached hydrogens (tertiary/aromatic N) is 3. The molecule has 7 aromatic carbocycles. The Labute approximate surface area is 364 Å². The molecule has 1 aliphatic heterocycles. The van der Waals surface area contributed by atoms with Crippen LogP contribution >= 0.6 is 0 Å². The summed E-state index contributed by atoms with van der Waals surface area (Å²) in [6, 6.07) is 0.510. The first-order valence-electron chi connectivity index (χ1n) is 28.5. The molecule has 0 spiro atoms. The summed E-state index contributed by atoms with van der Waals surface area (Å²) in [7, 11) is 0. The number of fused-ring (bicyclic) bond motifs is 8. The van der Waals surface area contributed by atoms with E-state index in [1.165, 1.54) is 0 Å². The van der Waals surface area contributed by atoms with Crippen molar-refractivity contribution in [3.8, 4) is 5.69 Å². The Kier molecular flexibility index (Phi) is 4.58. The predicted octanol–water partition coefficient (Wildman–Crippen LogP) is 10.5. The SMILES string of the molecule is [2H]c1c([2H])c([2H])[c]([Ge]([c]2c([2H])c([2H])c([2H])c([2H])c2[2H])([c]2c([2H])c([2H])c([2H])c([2H])c2[2H])[c]2c([2H])c([2H])c([2H])c(-n3c4ccc(N5c6ccncc6C6(C)CCCCC56C)cc4c4c5ccccc5ccc43)c2[2H])c([2H])c1[2H]. The summed E-state index contributed by atoms with van der Waals surface area (Å²) in [4.78, 5) is 6.92. The number of aromatic nitrogens is 2. The maximum absolute atomic E-state index is 10.6. The van der Waals surface area contributed by atoms with Crippen LogP contribution in [0.1, 0.15) is 71.1 Å². The van der Waals surface area contributed by atoms with E-state index >= 15 is 0 Å². The zero-order valence-electron chi connectivity index (χ0n) is 50.1. The van der Waals surface area contributed by atoms with Crippen LogP contribution in [0, 0.1) is 0 Å². The van der Waals surface area contributed by atoms with Gasteiger partial charge in [-0.25, -0.2) is 0 Å². The van der Waals surface area contributed by atoms with Crippen LogP contribution in [0.15, 0.2) is 188 Å². The van der Waals surface area contributed by atoms with E-state index < -0.39 is 157 Å². The Bertz CT molecular complexity index is 3830. The van der Waals surface area contributed by atoms with Crippen LogP contribution in [0.2, 0.25) is 0 Å². The van der Waals surface area contributed by atoms with E-state index in [1.54, 1.807) is 16.8 Å². The molecule has 57 heavy (non-hydrogen) atoms. The standard InChI is InChI=1S/C53H45GeN3/c1-52-32-14-15-33-53(52,2)57(49-31-34-55-37-47(49)52)44-28-30-48-46(36-44)51-45-26-13-12-17-38(45)27-29-50(51)56(48)43-25-16-24-42(35-43)54(39-18-6-3-7-19-39,40-20-8-4-9-21-40)41-22-10-5-11-23-41/h3-13,16-31,34-37H,14-15,32-33H2,1-2H3/i3D,4D,5D,6D,7D,8D,9D,10D,11D,16D,18D,19D,20D,21D,22D,23D,24D,25D,35D. The molecule has 1 saturated carbocycles. The third-order valence-corrected chi connectivity index (χ3v) is 21.0. The molecule has 1 aliphatic carbocycles. The van der Waals surface area contributed by atoms with Crippen molar-refractivity contribution in [1.29, 1.82) is 0 Å². The van der Waals surface area contributed by atoms with Crippen molar-refractivity contribution in [2.75, 3.05) is 4.90 Å². The van der Waals surface area contributed by atoms with Gasteiger partial charge in [0.2, 0.25) is 0 Å². The quantitative estimate of drug-likeness (QED) is 0.156. The molecule has 0 saturated heterocycles. The third kappa shape index (κ3) is 4.88. The molecule has 2 atom stereocenters. The molecule has 0 N–H and O–H groups in total. The van der Waals surface area contributed by atoms with E-state index in [2.05, 4.69) is 23.7 Å². The van der Waals surface area contributed by atoms with E-state index in [1.807, 2.05) is 60.8 Å². The fourth-order valence-electron chi connectivity index (χ4n) is 9.83. The van der Waals surface area contributed by atoms with Gasteiger partial charge in [0.25, 0.3) is 0 Å². The fraction of sp³-hybridized carbons (Fsp3) is 0.151. The summed E-state index contributed by atoms with van der Waals surface area (Å²) in [5.74, 6) is 0. The predicted molar refractivity (Wildman–Crippen MR) is 243 cm³/mol. The maximum atomic E-state index is 10.6. The Balaban J connectivity index is 1.36. The van der Waals surface area contributed by atoms with Crippen molar-refractivity contribution >= 4 is 74.8 Å². The summed E-state index contributed by atoms with van der Waals surface area (Å²) in [6.45, 7) is 4.55. The topological polar surface area (TPSA) is 21.1 Å². The van der Waals surface area contributed by atoms with Gasteiger partial charge >= 0.3 is 353 Å². The number of rotatable bonds is 6. The number of anilines is 2. The van der Waals surface area contributed by atoms with Gasteiger partial charge < -0.3 is 0 Å². The van der Waals surface area contributed by atoms with Crippen molar-refractivity contribution in [1.82, 2.24) is 9.55 Å². The summed E-state index contributed by atoms with van der Waals surface area (Å²) in [5, 5.41) is 2.91. The van der Waals surface area contributed by atoms with Crippen molar-refractivity contribution in [3.05, 3.63) is 193 Å². The van der Waals surface area contributed by atoms with E-state index in [9.17, 15) is 13.7 Å². The van der Waals surface area contributed by atoms with Gasteiger partial charge in [0.1, 0.15) is 0 Å². The van der Waals surface area contributed by atoms with Crippen molar-refractivity contribution < 1.29 is 26.0 Å². The Morgan fingerprint density at radius 1 is 0.614 bits per heavy atom. The number of benzene rings is 7. The van der Waals surface area contributed by atoms with Gasteiger partial charge in [-0.2, -0.15) is 0 Å². The second kappa shape index (κ2) is 13.1.